The van der Waals surface area contributed by atoms with E-state index in [0.717, 1.165) is 66.3 Å². The van der Waals surface area contributed by atoms with Gasteiger partial charge in [-0.1, -0.05) is 109 Å². The summed E-state index contributed by atoms with van der Waals surface area (Å²) < 4.78 is 12.8. The van der Waals surface area contributed by atoms with E-state index in [4.69, 9.17) is 8.83 Å². The lowest BCUT2D eigenvalue weighted by atomic mass is 9.98. The normalized spacial score (nSPS) is 11.8. The Labute approximate surface area is 270 Å². The van der Waals surface area contributed by atoms with Crippen LogP contribution in [0.3, 0.4) is 0 Å². The van der Waals surface area contributed by atoms with Crippen LogP contribution in [0.15, 0.2) is 173 Å². The summed E-state index contributed by atoms with van der Waals surface area (Å²) in [7, 11) is 0. The van der Waals surface area contributed by atoms with E-state index in [-0.39, 0.29) is 0 Å². The average molecular weight is 602 g/mol. The van der Waals surface area contributed by atoms with Crippen LogP contribution in [0.1, 0.15) is 0 Å². The topological polar surface area (TPSA) is 29.5 Å². The van der Waals surface area contributed by atoms with Gasteiger partial charge in [0.25, 0.3) is 0 Å². The first-order valence-corrected chi connectivity index (χ1v) is 15.9. The van der Waals surface area contributed by atoms with Crippen LogP contribution in [-0.2, 0) is 0 Å². The lowest BCUT2D eigenvalue weighted by Crippen LogP contribution is -2.10. The molecule has 220 valence electrons. The molecule has 0 saturated carbocycles. The third kappa shape index (κ3) is 4.07. The van der Waals surface area contributed by atoms with Gasteiger partial charge >= 0.3 is 0 Å². The van der Waals surface area contributed by atoms with Crippen LogP contribution in [0.2, 0.25) is 0 Å². The zero-order chi connectivity index (χ0) is 30.9. The highest BCUT2D eigenvalue weighted by Gasteiger charge is 2.20. The molecular formula is C44H27NO2. The van der Waals surface area contributed by atoms with Crippen LogP contribution in [-0.4, -0.2) is 0 Å². The fourth-order valence-corrected chi connectivity index (χ4v) is 7.20. The SMILES string of the molecule is c1ccc2c(-c3ccc(N(c4ccc5cc6c(cc5c4)oc4ccccc46)c4cccc5c4oc4ccccc45)cc3)cccc2c1. The Balaban J connectivity index is 1.18. The van der Waals surface area contributed by atoms with Gasteiger partial charge in [-0.2, -0.15) is 0 Å². The molecule has 10 aromatic rings. The third-order valence-corrected chi connectivity index (χ3v) is 9.43. The van der Waals surface area contributed by atoms with Crippen molar-refractivity contribution in [3.63, 3.8) is 0 Å². The molecule has 0 unspecified atom stereocenters. The number of nitrogens with zero attached hydrogens (tertiary/aromatic N) is 1. The first-order valence-electron chi connectivity index (χ1n) is 15.9. The number of hydrogen-bond acceptors (Lipinski definition) is 3. The van der Waals surface area contributed by atoms with E-state index in [9.17, 15) is 0 Å². The first-order chi connectivity index (χ1) is 23.3. The maximum Gasteiger partial charge on any atom is 0.159 e. The largest absolute Gasteiger partial charge is 0.456 e. The van der Waals surface area contributed by atoms with Crippen molar-refractivity contribution in [1.82, 2.24) is 0 Å². The number of furan rings is 2. The van der Waals surface area contributed by atoms with Gasteiger partial charge in [0.2, 0.25) is 0 Å². The van der Waals surface area contributed by atoms with Crippen LogP contribution in [0.4, 0.5) is 17.1 Å². The number of rotatable bonds is 4. The molecule has 0 bridgehead atoms. The fraction of sp³-hybridized carbons (Fsp3) is 0. The Morgan fingerprint density at radius 3 is 1.87 bits per heavy atom. The minimum absolute atomic E-state index is 0.861. The summed E-state index contributed by atoms with van der Waals surface area (Å²) in [6.45, 7) is 0. The molecular weight excluding hydrogens is 574 g/mol. The number of fused-ring (bicyclic) bond motifs is 8. The zero-order valence-corrected chi connectivity index (χ0v) is 25.4. The third-order valence-electron chi connectivity index (χ3n) is 9.43. The Bertz CT molecular complexity index is 2800. The van der Waals surface area contributed by atoms with Crippen LogP contribution in [0.5, 0.6) is 0 Å². The highest BCUT2D eigenvalue weighted by Crippen LogP contribution is 2.44. The second-order valence-electron chi connectivity index (χ2n) is 12.1. The molecule has 0 saturated heterocycles. The molecule has 2 heterocycles. The maximum absolute atomic E-state index is 6.57. The average Bonchev–Trinajstić information content (AvgIpc) is 3.69. The van der Waals surface area contributed by atoms with Crippen LogP contribution >= 0.6 is 0 Å². The minimum Gasteiger partial charge on any atom is -0.456 e. The van der Waals surface area contributed by atoms with Crippen molar-refractivity contribution in [2.75, 3.05) is 4.90 Å². The van der Waals surface area contributed by atoms with Crippen molar-refractivity contribution in [3.8, 4) is 11.1 Å². The van der Waals surface area contributed by atoms with Crippen molar-refractivity contribution in [1.29, 1.82) is 0 Å². The monoisotopic (exact) mass is 601 g/mol. The van der Waals surface area contributed by atoms with Gasteiger partial charge in [0.1, 0.15) is 16.7 Å². The summed E-state index contributed by atoms with van der Waals surface area (Å²) in [6.07, 6.45) is 0. The second kappa shape index (κ2) is 10.1. The van der Waals surface area contributed by atoms with E-state index in [2.05, 4.69) is 144 Å². The highest BCUT2D eigenvalue weighted by molar-refractivity contribution is 6.12. The molecule has 0 spiro atoms. The van der Waals surface area contributed by atoms with Gasteiger partial charge in [-0.15, -0.1) is 0 Å². The summed E-state index contributed by atoms with van der Waals surface area (Å²) in [5.74, 6) is 0. The quantitative estimate of drug-likeness (QED) is 0.201. The summed E-state index contributed by atoms with van der Waals surface area (Å²) in [5, 5.41) is 9.25. The lowest BCUT2D eigenvalue weighted by molar-refractivity contribution is 0.669. The molecule has 2 aromatic heterocycles. The summed E-state index contributed by atoms with van der Waals surface area (Å²) in [6, 6.07) is 57.9. The molecule has 0 N–H and O–H groups in total. The molecule has 3 nitrogen and oxygen atoms in total. The number of benzene rings is 8. The van der Waals surface area contributed by atoms with E-state index in [1.54, 1.807) is 0 Å². The molecule has 0 amide bonds. The summed E-state index contributed by atoms with van der Waals surface area (Å²) in [5.41, 5.74) is 9.01. The maximum atomic E-state index is 6.57. The van der Waals surface area contributed by atoms with Crippen molar-refractivity contribution in [2.45, 2.75) is 0 Å². The van der Waals surface area contributed by atoms with E-state index >= 15 is 0 Å². The van der Waals surface area contributed by atoms with Crippen LogP contribution in [0, 0.1) is 0 Å². The Hall–Kier alpha value is -6.32. The molecule has 0 aliphatic rings. The number of hydrogen-bond donors (Lipinski definition) is 0. The van der Waals surface area contributed by atoms with Crippen LogP contribution < -0.4 is 4.90 Å². The smallest absolute Gasteiger partial charge is 0.159 e. The van der Waals surface area contributed by atoms with Gasteiger partial charge in [-0.05, 0) is 87.3 Å². The fourth-order valence-electron chi connectivity index (χ4n) is 7.20. The minimum atomic E-state index is 0.861. The molecule has 0 radical (unpaired) electrons. The predicted octanol–water partition coefficient (Wildman–Crippen LogP) is 12.9. The highest BCUT2D eigenvalue weighted by atomic mass is 16.3. The van der Waals surface area contributed by atoms with E-state index in [0.29, 0.717) is 0 Å². The Morgan fingerprint density at radius 1 is 0.362 bits per heavy atom. The van der Waals surface area contributed by atoms with Crippen molar-refractivity contribution in [3.05, 3.63) is 164 Å². The molecule has 3 heteroatoms. The van der Waals surface area contributed by atoms with E-state index in [1.807, 2.05) is 24.3 Å². The predicted molar refractivity (Wildman–Crippen MR) is 196 cm³/mol. The van der Waals surface area contributed by atoms with Crippen molar-refractivity contribution < 1.29 is 8.83 Å². The molecule has 0 fully saturated rings. The Morgan fingerprint density at radius 2 is 1.02 bits per heavy atom. The number of anilines is 3. The van der Waals surface area contributed by atoms with Gasteiger partial charge < -0.3 is 13.7 Å². The Kier molecular flexibility index (Phi) is 5.57. The van der Waals surface area contributed by atoms with E-state index in [1.165, 1.54) is 27.3 Å². The van der Waals surface area contributed by atoms with Gasteiger partial charge in [0.15, 0.2) is 5.58 Å². The molecule has 8 aromatic carbocycles. The van der Waals surface area contributed by atoms with Crippen molar-refractivity contribution >= 4 is 82.5 Å². The zero-order valence-electron chi connectivity index (χ0n) is 25.4. The standard InChI is InChI=1S/C44H27NO2/c1-2-11-34-28(9-1)10-7-14-35(34)29-19-22-32(23-20-29)45(40-16-8-15-38-36-12-3-6-18-42(36)47-44(38)40)33-24-21-30-26-39-37-13-4-5-17-41(37)46-43(39)27-31(30)25-33/h1-27H. The number of para-hydroxylation sites is 3. The molecule has 0 aliphatic carbocycles. The summed E-state index contributed by atoms with van der Waals surface area (Å²) >= 11 is 0. The molecule has 47 heavy (non-hydrogen) atoms. The van der Waals surface area contributed by atoms with Gasteiger partial charge in [0, 0.05) is 32.9 Å². The van der Waals surface area contributed by atoms with Gasteiger partial charge in [-0.3, -0.25) is 0 Å². The molecule has 0 aliphatic heterocycles. The first kappa shape index (κ1) is 26.0. The second-order valence-corrected chi connectivity index (χ2v) is 12.1. The molecule has 0 atom stereocenters. The van der Waals surface area contributed by atoms with E-state index < -0.39 is 0 Å². The summed E-state index contributed by atoms with van der Waals surface area (Å²) in [4.78, 5) is 2.31. The molecule has 10 rings (SSSR count). The van der Waals surface area contributed by atoms with Gasteiger partial charge in [0.05, 0.1) is 5.69 Å². The van der Waals surface area contributed by atoms with Gasteiger partial charge in [-0.25, -0.2) is 0 Å². The van der Waals surface area contributed by atoms with Crippen molar-refractivity contribution in [2.24, 2.45) is 0 Å². The lowest BCUT2D eigenvalue weighted by Gasteiger charge is -2.26. The van der Waals surface area contributed by atoms with Crippen LogP contribution in [0.25, 0.3) is 76.5 Å².